The number of benzene rings is 2. The van der Waals surface area contributed by atoms with Crippen LogP contribution in [0.25, 0.3) is 32.9 Å². The van der Waals surface area contributed by atoms with Gasteiger partial charge in [-0.1, -0.05) is 24.3 Å². The molecule has 27 heavy (non-hydrogen) atoms. The maximum absolute atomic E-state index is 5.99. The van der Waals surface area contributed by atoms with Crippen molar-refractivity contribution >= 4 is 21.8 Å². The zero-order valence-corrected chi connectivity index (χ0v) is 15.8. The number of nitrogens with zero attached hydrogens (tertiary/aromatic N) is 3. The van der Waals surface area contributed by atoms with Crippen molar-refractivity contribution in [3.63, 3.8) is 0 Å². The number of aryl methyl sites for hydroxylation is 2. The van der Waals surface area contributed by atoms with Crippen molar-refractivity contribution in [2.45, 2.75) is 39.3 Å². The van der Waals surface area contributed by atoms with Crippen molar-refractivity contribution < 1.29 is 4.74 Å². The number of aromatic nitrogens is 3. The van der Waals surface area contributed by atoms with Crippen molar-refractivity contribution in [2.24, 2.45) is 0 Å². The summed E-state index contributed by atoms with van der Waals surface area (Å²) < 4.78 is 8.06. The number of rotatable bonds is 2. The van der Waals surface area contributed by atoms with Gasteiger partial charge in [-0.2, -0.15) is 5.10 Å². The molecule has 1 aliphatic rings. The first-order chi connectivity index (χ1) is 13.2. The van der Waals surface area contributed by atoms with E-state index in [0.717, 1.165) is 30.5 Å². The standard InChI is InChI=1S/C23H23N3O/c1-15-10-11-20-18(14-25-26(20)21-9-5-6-12-27-21)22(15)23-16(2)13-24-19-8-4-3-7-17(19)23/h3-4,7-8,10-11,13-14,21H,5-6,9,12H2,1-2H3. The fourth-order valence-electron chi connectivity index (χ4n) is 4.28. The van der Waals surface area contributed by atoms with Crippen LogP contribution < -0.4 is 0 Å². The van der Waals surface area contributed by atoms with Gasteiger partial charge in [-0.05, 0) is 67.5 Å². The molecule has 0 spiro atoms. The molecule has 0 radical (unpaired) electrons. The lowest BCUT2D eigenvalue weighted by Gasteiger charge is -2.23. The highest BCUT2D eigenvalue weighted by Crippen LogP contribution is 2.39. The molecule has 1 saturated heterocycles. The second-order valence-electron chi connectivity index (χ2n) is 7.43. The van der Waals surface area contributed by atoms with E-state index in [2.05, 4.69) is 53.8 Å². The lowest BCUT2D eigenvalue weighted by Crippen LogP contribution is -2.18. The van der Waals surface area contributed by atoms with Crippen molar-refractivity contribution in [1.82, 2.24) is 14.8 Å². The fraction of sp³-hybridized carbons (Fsp3) is 0.304. The van der Waals surface area contributed by atoms with Crippen molar-refractivity contribution in [3.8, 4) is 11.1 Å². The molecule has 2 aromatic heterocycles. The third kappa shape index (κ3) is 2.63. The molecule has 1 aliphatic heterocycles. The summed E-state index contributed by atoms with van der Waals surface area (Å²) >= 11 is 0. The SMILES string of the molecule is Cc1cnc2ccccc2c1-c1c(C)ccc2c1cnn2C1CCCCO1. The van der Waals surface area contributed by atoms with Gasteiger partial charge in [-0.25, -0.2) is 4.68 Å². The molecule has 1 unspecified atom stereocenters. The summed E-state index contributed by atoms with van der Waals surface area (Å²) in [6, 6.07) is 12.7. The van der Waals surface area contributed by atoms with Crippen LogP contribution in [0.3, 0.4) is 0 Å². The van der Waals surface area contributed by atoms with Crippen LogP contribution in [0.2, 0.25) is 0 Å². The van der Waals surface area contributed by atoms with E-state index in [0.29, 0.717) is 0 Å². The predicted molar refractivity (Wildman–Crippen MR) is 109 cm³/mol. The van der Waals surface area contributed by atoms with E-state index in [-0.39, 0.29) is 6.23 Å². The van der Waals surface area contributed by atoms with E-state index in [1.165, 1.54) is 39.4 Å². The van der Waals surface area contributed by atoms with E-state index in [1.807, 2.05) is 18.5 Å². The zero-order chi connectivity index (χ0) is 18.4. The van der Waals surface area contributed by atoms with Gasteiger partial charge in [0.1, 0.15) is 0 Å². The van der Waals surface area contributed by atoms with Crippen molar-refractivity contribution in [3.05, 3.63) is 59.9 Å². The van der Waals surface area contributed by atoms with Crippen LogP contribution in [-0.4, -0.2) is 21.4 Å². The average molecular weight is 357 g/mol. The van der Waals surface area contributed by atoms with Crippen molar-refractivity contribution in [1.29, 1.82) is 0 Å². The maximum Gasteiger partial charge on any atom is 0.150 e. The molecule has 3 heterocycles. The van der Waals surface area contributed by atoms with Gasteiger partial charge in [0.2, 0.25) is 0 Å². The Hall–Kier alpha value is -2.72. The van der Waals surface area contributed by atoms with Gasteiger partial charge in [0.25, 0.3) is 0 Å². The molecule has 4 nitrogen and oxygen atoms in total. The Morgan fingerprint density at radius 2 is 1.78 bits per heavy atom. The molecule has 136 valence electrons. The Balaban J connectivity index is 1.78. The minimum absolute atomic E-state index is 0.0436. The van der Waals surface area contributed by atoms with Gasteiger partial charge in [0, 0.05) is 23.6 Å². The topological polar surface area (TPSA) is 39.9 Å². The van der Waals surface area contributed by atoms with Crippen LogP contribution >= 0.6 is 0 Å². The first-order valence-corrected chi connectivity index (χ1v) is 9.67. The van der Waals surface area contributed by atoms with E-state index in [9.17, 15) is 0 Å². The number of ether oxygens (including phenoxy) is 1. The monoisotopic (exact) mass is 357 g/mol. The smallest absolute Gasteiger partial charge is 0.150 e. The van der Waals surface area contributed by atoms with Gasteiger partial charge in [-0.15, -0.1) is 0 Å². The molecule has 0 bridgehead atoms. The highest BCUT2D eigenvalue weighted by atomic mass is 16.5. The lowest BCUT2D eigenvalue weighted by molar-refractivity contribution is -0.0366. The molecule has 4 aromatic rings. The highest BCUT2D eigenvalue weighted by Gasteiger charge is 2.21. The van der Waals surface area contributed by atoms with Crippen LogP contribution in [-0.2, 0) is 4.74 Å². The summed E-state index contributed by atoms with van der Waals surface area (Å²) in [6.45, 7) is 5.14. The molecule has 5 rings (SSSR count). The Bertz CT molecular complexity index is 1140. The first-order valence-electron chi connectivity index (χ1n) is 9.67. The molecular formula is C23H23N3O. The molecule has 0 amide bonds. The van der Waals surface area contributed by atoms with Crippen LogP contribution in [0.5, 0.6) is 0 Å². The minimum atomic E-state index is 0.0436. The Morgan fingerprint density at radius 3 is 2.63 bits per heavy atom. The molecular weight excluding hydrogens is 334 g/mol. The minimum Gasteiger partial charge on any atom is -0.356 e. The van der Waals surface area contributed by atoms with Gasteiger partial charge >= 0.3 is 0 Å². The molecule has 1 atom stereocenters. The average Bonchev–Trinajstić information content (AvgIpc) is 3.13. The summed E-state index contributed by atoms with van der Waals surface area (Å²) in [5.74, 6) is 0. The number of fused-ring (bicyclic) bond motifs is 2. The molecule has 0 N–H and O–H groups in total. The largest absolute Gasteiger partial charge is 0.356 e. The van der Waals surface area contributed by atoms with Crippen molar-refractivity contribution in [2.75, 3.05) is 6.61 Å². The summed E-state index contributed by atoms with van der Waals surface area (Å²) in [6.07, 6.45) is 7.38. The van der Waals surface area contributed by atoms with Crippen LogP contribution in [0.1, 0.15) is 36.6 Å². The zero-order valence-electron chi connectivity index (χ0n) is 15.8. The van der Waals surface area contributed by atoms with Gasteiger partial charge in [-0.3, -0.25) is 4.98 Å². The van der Waals surface area contributed by atoms with E-state index < -0.39 is 0 Å². The quantitative estimate of drug-likeness (QED) is 0.471. The van der Waals surface area contributed by atoms with E-state index in [4.69, 9.17) is 9.84 Å². The van der Waals surface area contributed by atoms with Gasteiger partial charge < -0.3 is 4.74 Å². The fourth-order valence-corrected chi connectivity index (χ4v) is 4.28. The Labute approximate surface area is 158 Å². The van der Waals surface area contributed by atoms with Gasteiger partial charge in [0.05, 0.1) is 17.2 Å². The summed E-state index contributed by atoms with van der Waals surface area (Å²) in [5, 5.41) is 7.11. The Kier molecular flexibility index (Phi) is 3.94. The highest BCUT2D eigenvalue weighted by molar-refractivity contribution is 6.05. The summed E-state index contributed by atoms with van der Waals surface area (Å²) in [7, 11) is 0. The predicted octanol–water partition coefficient (Wildman–Crippen LogP) is 5.57. The third-order valence-corrected chi connectivity index (χ3v) is 5.63. The molecule has 1 fully saturated rings. The number of hydrogen-bond acceptors (Lipinski definition) is 3. The Morgan fingerprint density at radius 1 is 0.926 bits per heavy atom. The van der Waals surface area contributed by atoms with Crippen LogP contribution in [0.15, 0.2) is 48.8 Å². The number of pyridine rings is 1. The second kappa shape index (κ2) is 6.46. The molecule has 4 heteroatoms. The number of para-hydroxylation sites is 1. The third-order valence-electron chi connectivity index (χ3n) is 5.63. The summed E-state index contributed by atoms with van der Waals surface area (Å²) in [4.78, 5) is 4.61. The summed E-state index contributed by atoms with van der Waals surface area (Å²) in [5.41, 5.74) is 7.12. The normalized spacial score (nSPS) is 17.6. The van der Waals surface area contributed by atoms with Crippen LogP contribution in [0, 0.1) is 13.8 Å². The maximum atomic E-state index is 5.99. The second-order valence-corrected chi connectivity index (χ2v) is 7.43. The molecule has 0 aliphatic carbocycles. The number of hydrogen-bond donors (Lipinski definition) is 0. The lowest BCUT2D eigenvalue weighted by atomic mass is 9.91. The van der Waals surface area contributed by atoms with E-state index in [1.54, 1.807) is 0 Å². The van der Waals surface area contributed by atoms with Gasteiger partial charge in [0.15, 0.2) is 6.23 Å². The van der Waals surface area contributed by atoms with Crippen LogP contribution in [0.4, 0.5) is 0 Å². The van der Waals surface area contributed by atoms with E-state index >= 15 is 0 Å². The first kappa shape index (κ1) is 16.5. The molecule has 2 aromatic carbocycles. The molecule has 0 saturated carbocycles.